The van der Waals surface area contributed by atoms with Gasteiger partial charge in [0.15, 0.2) is 0 Å². The number of phenolic OH excluding ortho intramolecular Hbond substituents is 2. The molecule has 0 aliphatic rings. The van der Waals surface area contributed by atoms with Gasteiger partial charge in [-0.15, -0.1) is 0 Å². The number of phenols is 2. The maximum absolute atomic E-state index is 15.1. The highest BCUT2D eigenvalue weighted by atomic mass is 19.4. The highest BCUT2D eigenvalue weighted by molar-refractivity contribution is 5.57. The molecule has 2 aromatic carbocycles. The maximum Gasteiger partial charge on any atom is 0.411 e. The van der Waals surface area contributed by atoms with Crippen molar-refractivity contribution in [2.75, 3.05) is 0 Å². The van der Waals surface area contributed by atoms with Crippen LogP contribution in [0.2, 0.25) is 0 Å². The van der Waals surface area contributed by atoms with Crippen LogP contribution in [0.1, 0.15) is 61.1 Å². The van der Waals surface area contributed by atoms with Gasteiger partial charge in [0, 0.05) is 0 Å². The Labute approximate surface area is 225 Å². The molecule has 0 aromatic heterocycles. The largest absolute Gasteiger partial charge is 0.507 e. The predicted octanol–water partition coefficient (Wildman–Crippen LogP) is 8.98. The minimum Gasteiger partial charge on any atom is -0.507 e. The van der Waals surface area contributed by atoms with Crippen molar-refractivity contribution in [1.82, 2.24) is 0 Å². The molecule has 2 nitrogen and oxygen atoms in total. The zero-order chi connectivity index (χ0) is 30.1. The second-order valence-corrected chi connectivity index (χ2v) is 10.6. The number of alkyl halides is 6. The number of hydrogen-bond donors (Lipinski definition) is 2. The molecule has 0 spiro atoms. The van der Waals surface area contributed by atoms with Crippen LogP contribution in [0, 0.1) is 0 Å². The van der Waals surface area contributed by atoms with E-state index in [0.29, 0.717) is 22.3 Å². The van der Waals surface area contributed by atoms with E-state index in [9.17, 15) is 10.2 Å². The van der Waals surface area contributed by atoms with Crippen molar-refractivity contribution in [2.24, 2.45) is 0 Å². The molecule has 0 atom stereocenters. The first-order valence-corrected chi connectivity index (χ1v) is 12.1. The van der Waals surface area contributed by atoms with E-state index in [-0.39, 0.29) is 47.9 Å². The van der Waals surface area contributed by atoms with Gasteiger partial charge in [0.1, 0.15) is 11.5 Å². The van der Waals surface area contributed by atoms with E-state index in [1.165, 1.54) is 0 Å². The third-order valence-corrected chi connectivity index (χ3v) is 6.22. The van der Waals surface area contributed by atoms with Crippen LogP contribution in [-0.2, 0) is 31.1 Å². The van der Waals surface area contributed by atoms with Crippen molar-refractivity contribution >= 4 is 0 Å². The summed E-state index contributed by atoms with van der Waals surface area (Å²) in [6.45, 7) is 21.0. The van der Waals surface area contributed by atoms with E-state index in [2.05, 4.69) is 26.3 Å². The van der Waals surface area contributed by atoms with Crippen molar-refractivity contribution in [3.63, 3.8) is 0 Å². The molecule has 0 fully saturated rings. The predicted molar refractivity (Wildman–Crippen MR) is 143 cm³/mol. The lowest BCUT2D eigenvalue weighted by Crippen LogP contribution is -2.55. The van der Waals surface area contributed by atoms with Crippen LogP contribution in [0.4, 0.5) is 26.3 Å². The molecular weight excluding hydrogens is 518 g/mol. The normalized spacial score (nSPS) is 12.4. The molecule has 39 heavy (non-hydrogen) atoms. The highest BCUT2D eigenvalue weighted by Gasteiger charge is 2.72. The number of rotatable bonds is 10. The number of allylic oxidation sites excluding steroid dienone is 4. The molecule has 212 valence electrons. The molecule has 0 unspecified atom stereocenters. The van der Waals surface area contributed by atoms with Crippen LogP contribution in [0.3, 0.4) is 0 Å². The summed E-state index contributed by atoms with van der Waals surface area (Å²) in [5.74, 6) is -0.806. The van der Waals surface area contributed by atoms with Crippen LogP contribution in [0.15, 0.2) is 72.9 Å². The summed E-state index contributed by atoms with van der Waals surface area (Å²) < 4.78 is 90.6. The van der Waals surface area contributed by atoms with Crippen molar-refractivity contribution in [3.8, 4) is 11.5 Å². The van der Waals surface area contributed by atoms with Crippen LogP contribution < -0.4 is 0 Å². The van der Waals surface area contributed by atoms with Gasteiger partial charge in [-0.2, -0.15) is 26.3 Å². The van der Waals surface area contributed by atoms with E-state index in [4.69, 9.17) is 0 Å². The zero-order valence-electron chi connectivity index (χ0n) is 22.6. The Morgan fingerprint density at radius 2 is 0.744 bits per heavy atom. The fraction of sp³-hybridized carbons (Fsp3) is 0.355. The first-order chi connectivity index (χ1) is 17.7. The SMILES string of the molecule is C=C(C)Cc1cc(C(c2cc(CC(=C)C)c(O)c(CC(=C)C)c2)(C(F)(F)F)C(F)(F)F)cc(CC(=C)C)c1O. The van der Waals surface area contributed by atoms with Crippen LogP contribution in [0.5, 0.6) is 11.5 Å². The molecule has 0 saturated carbocycles. The van der Waals surface area contributed by atoms with Crippen LogP contribution >= 0.6 is 0 Å². The van der Waals surface area contributed by atoms with Gasteiger partial charge >= 0.3 is 12.4 Å². The molecule has 0 amide bonds. The van der Waals surface area contributed by atoms with Crippen LogP contribution in [0.25, 0.3) is 0 Å². The molecular formula is C31H34F6O2. The van der Waals surface area contributed by atoms with Crippen molar-refractivity contribution in [2.45, 2.75) is 71.1 Å². The number of aromatic hydroxyl groups is 2. The second kappa shape index (κ2) is 11.4. The second-order valence-electron chi connectivity index (χ2n) is 10.6. The minimum atomic E-state index is -5.86. The summed E-state index contributed by atoms with van der Waals surface area (Å²) >= 11 is 0. The Balaban J connectivity index is 3.20. The quantitative estimate of drug-likeness (QED) is 0.228. The zero-order valence-corrected chi connectivity index (χ0v) is 22.6. The van der Waals surface area contributed by atoms with E-state index < -0.39 is 40.4 Å². The standard InChI is InChI=1S/C31H34F6O2/c1-17(2)9-21-13-25(14-22(27(21)38)10-18(3)4)29(30(32,33)34,31(35,36)37)26-15-23(11-19(5)6)28(39)24(16-26)12-20(7)8/h13-16,38-39H,1,3,5,7,9-12H2,2,4,6,8H3. The summed E-state index contributed by atoms with van der Waals surface area (Å²) in [6, 6.07) is 2.99. The summed E-state index contributed by atoms with van der Waals surface area (Å²) in [5, 5.41) is 21.6. The van der Waals surface area contributed by atoms with Gasteiger partial charge < -0.3 is 10.2 Å². The van der Waals surface area contributed by atoms with Gasteiger partial charge in [0.05, 0.1) is 0 Å². The summed E-state index contributed by atoms with van der Waals surface area (Å²) in [7, 11) is 0. The highest BCUT2D eigenvalue weighted by Crippen LogP contribution is 2.57. The Morgan fingerprint density at radius 3 is 0.897 bits per heavy atom. The molecule has 8 heteroatoms. The lowest BCUT2D eigenvalue weighted by molar-refractivity contribution is -0.288. The molecule has 0 heterocycles. The number of halogens is 6. The monoisotopic (exact) mass is 552 g/mol. The van der Waals surface area contributed by atoms with Crippen molar-refractivity contribution in [3.05, 3.63) is 106 Å². The molecule has 0 saturated heterocycles. The lowest BCUT2D eigenvalue weighted by Gasteiger charge is -2.39. The fourth-order valence-electron chi connectivity index (χ4n) is 4.77. The Bertz CT molecular complexity index is 1140. The average Bonchev–Trinajstić information content (AvgIpc) is 2.71. The third kappa shape index (κ3) is 6.60. The van der Waals surface area contributed by atoms with Gasteiger partial charge in [-0.05, 0) is 86.8 Å². The number of hydrogen-bond acceptors (Lipinski definition) is 2. The third-order valence-electron chi connectivity index (χ3n) is 6.22. The summed E-state index contributed by atoms with van der Waals surface area (Å²) in [4.78, 5) is 0. The fourth-order valence-corrected chi connectivity index (χ4v) is 4.77. The molecule has 0 aliphatic carbocycles. The van der Waals surface area contributed by atoms with Crippen molar-refractivity contribution in [1.29, 1.82) is 0 Å². The smallest absolute Gasteiger partial charge is 0.411 e. The molecule has 0 aliphatic heterocycles. The molecule has 2 N–H and O–H groups in total. The van der Waals surface area contributed by atoms with Gasteiger partial charge in [0.25, 0.3) is 0 Å². The lowest BCUT2D eigenvalue weighted by atomic mass is 9.70. The first kappa shape index (κ1) is 31.8. The van der Waals surface area contributed by atoms with E-state index in [1.54, 1.807) is 27.7 Å². The maximum atomic E-state index is 15.1. The van der Waals surface area contributed by atoms with Crippen molar-refractivity contribution < 1.29 is 36.6 Å². The Kier molecular flexibility index (Phi) is 9.26. The van der Waals surface area contributed by atoms with E-state index in [0.717, 1.165) is 24.3 Å². The minimum absolute atomic E-state index is 0.114. The first-order valence-electron chi connectivity index (χ1n) is 12.1. The van der Waals surface area contributed by atoms with Gasteiger partial charge in [-0.3, -0.25) is 0 Å². The van der Waals surface area contributed by atoms with E-state index in [1.807, 2.05) is 0 Å². The Hall–Kier alpha value is -3.42. The topological polar surface area (TPSA) is 40.5 Å². The summed E-state index contributed by atoms with van der Waals surface area (Å²) in [6.07, 6.45) is -12.3. The molecule has 0 bridgehead atoms. The number of benzene rings is 2. The molecule has 2 rings (SSSR count). The molecule has 0 radical (unpaired) electrons. The van der Waals surface area contributed by atoms with Gasteiger partial charge in [-0.25, -0.2) is 0 Å². The average molecular weight is 553 g/mol. The van der Waals surface area contributed by atoms with Crippen LogP contribution in [-0.4, -0.2) is 22.6 Å². The molecule has 2 aromatic rings. The van der Waals surface area contributed by atoms with Gasteiger partial charge in [-0.1, -0.05) is 72.9 Å². The van der Waals surface area contributed by atoms with E-state index >= 15 is 26.3 Å². The van der Waals surface area contributed by atoms with Gasteiger partial charge in [0.2, 0.25) is 5.41 Å². The Morgan fingerprint density at radius 1 is 0.538 bits per heavy atom. The summed E-state index contributed by atoms with van der Waals surface area (Å²) in [5.41, 5.74) is -5.39.